The molecule has 2 amide bonds. The van der Waals surface area contributed by atoms with Gasteiger partial charge in [-0.25, -0.2) is 18.6 Å². The van der Waals surface area contributed by atoms with Crippen molar-refractivity contribution in [2.75, 3.05) is 11.1 Å². The van der Waals surface area contributed by atoms with Crippen LogP contribution in [0.25, 0.3) is 28.2 Å². The minimum Gasteiger partial charge on any atom is -0.383 e. The van der Waals surface area contributed by atoms with E-state index >= 15 is 0 Å². The molecule has 0 aliphatic heterocycles. The van der Waals surface area contributed by atoms with Crippen LogP contribution in [0.1, 0.15) is 20.8 Å². The third kappa shape index (κ3) is 4.82. The highest BCUT2D eigenvalue weighted by molar-refractivity contribution is 5.90. The topological polar surface area (TPSA) is 124 Å². The summed E-state index contributed by atoms with van der Waals surface area (Å²) in [6, 6.07) is 12.2. The van der Waals surface area contributed by atoms with Gasteiger partial charge in [0.25, 0.3) is 0 Å². The molecule has 4 N–H and O–H groups in total. The second-order valence-electron chi connectivity index (χ2n) is 8.55. The Bertz CT molecular complexity index is 1350. The number of benzene rings is 2. The second kappa shape index (κ2) is 8.85. The van der Waals surface area contributed by atoms with Gasteiger partial charge in [-0.1, -0.05) is 18.2 Å². The number of rotatable bonds is 4. The average molecular weight is 464 g/mol. The molecule has 0 bridgehead atoms. The smallest absolute Gasteiger partial charge is 0.319 e. The van der Waals surface area contributed by atoms with Gasteiger partial charge in [0, 0.05) is 23.0 Å². The maximum absolute atomic E-state index is 14.4. The van der Waals surface area contributed by atoms with Crippen LogP contribution in [0.15, 0.2) is 54.7 Å². The molecule has 4 aromatic rings. The number of aromatic nitrogens is 5. The quantitative estimate of drug-likeness (QED) is 0.416. The minimum absolute atomic E-state index is 0.105. The van der Waals surface area contributed by atoms with Gasteiger partial charge in [0.05, 0.1) is 5.56 Å². The first-order chi connectivity index (χ1) is 16.1. The van der Waals surface area contributed by atoms with E-state index in [-0.39, 0.29) is 28.9 Å². The Morgan fingerprint density at radius 3 is 2.50 bits per heavy atom. The molecular formula is C23H22F2N8O. The number of carbonyl (C=O) groups is 1. The Morgan fingerprint density at radius 1 is 1.06 bits per heavy atom. The van der Waals surface area contributed by atoms with E-state index in [2.05, 4.69) is 31.1 Å². The molecule has 2 aromatic carbocycles. The molecule has 4 rings (SSSR count). The molecule has 0 fully saturated rings. The third-order valence-electron chi connectivity index (χ3n) is 4.75. The number of carbonyl (C=O) groups excluding carboxylic acids is 1. The van der Waals surface area contributed by atoms with Gasteiger partial charge >= 0.3 is 6.03 Å². The van der Waals surface area contributed by atoms with E-state index in [0.29, 0.717) is 16.8 Å². The van der Waals surface area contributed by atoms with Crippen molar-refractivity contribution in [3.05, 3.63) is 66.4 Å². The molecular weight excluding hydrogens is 442 g/mol. The van der Waals surface area contributed by atoms with Crippen molar-refractivity contribution in [1.29, 1.82) is 0 Å². The van der Waals surface area contributed by atoms with Crippen molar-refractivity contribution in [1.82, 2.24) is 30.5 Å². The van der Waals surface area contributed by atoms with Crippen molar-refractivity contribution in [3.63, 3.8) is 0 Å². The Balaban J connectivity index is 1.64. The number of pyridine rings is 1. The Kier molecular flexibility index (Phi) is 5.93. The van der Waals surface area contributed by atoms with E-state index in [9.17, 15) is 13.6 Å². The first kappa shape index (κ1) is 22.8. The normalized spacial score (nSPS) is 11.3. The van der Waals surface area contributed by atoms with E-state index in [4.69, 9.17) is 5.73 Å². The SMILES string of the molecule is CC(C)(C)NC(=O)Nc1ccc(-c2cnc(N)c(-c3nnnn3-c3cccc(F)c3F)c2)cc1. The fourth-order valence-corrected chi connectivity index (χ4v) is 3.23. The van der Waals surface area contributed by atoms with E-state index < -0.39 is 11.6 Å². The van der Waals surface area contributed by atoms with Crippen LogP contribution in [0.3, 0.4) is 0 Å². The monoisotopic (exact) mass is 464 g/mol. The van der Waals surface area contributed by atoms with Gasteiger partial charge in [-0.05, 0) is 67.1 Å². The summed E-state index contributed by atoms with van der Waals surface area (Å²) in [4.78, 5) is 16.3. The molecule has 0 aliphatic carbocycles. The molecule has 2 heterocycles. The summed E-state index contributed by atoms with van der Waals surface area (Å²) in [5.41, 5.74) is 7.97. The minimum atomic E-state index is -1.09. The molecule has 0 aliphatic rings. The molecule has 0 spiro atoms. The number of halogens is 2. The lowest BCUT2D eigenvalue weighted by atomic mass is 10.0. The van der Waals surface area contributed by atoms with Crippen LogP contribution in [0.5, 0.6) is 0 Å². The van der Waals surface area contributed by atoms with Gasteiger partial charge in [0.15, 0.2) is 17.5 Å². The number of nitrogens with zero attached hydrogens (tertiary/aromatic N) is 5. The summed E-state index contributed by atoms with van der Waals surface area (Å²) in [5, 5.41) is 16.9. The van der Waals surface area contributed by atoms with Crippen molar-refractivity contribution in [2.24, 2.45) is 0 Å². The van der Waals surface area contributed by atoms with Crippen LogP contribution in [0.2, 0.25) is 0 Å². The third-order valence-corrected chi connectivity index (χ3v) is 4.75. The second-order valence-corrected chi connectivity index (χ2v) is 8.55. The van der Waals surface area contributed by atoms with E-state index in [1.165, 1.54) is 12.1 Å². The lowest BCUT2D eigenvalue weighted by Gasteiger charge is -2.20. The zero-order valence-electron chi connectivity index (χ0n) is 18.7. The number of hydrogen-bond acceptors (Lipinski definition) is 6. The van der Waals surface area contributed by atoms with Crippen molar-refractivity contribution < 1.29 is 13.6 Å². The van der Waals surface area contributed by atoms with Crippen LogP contribution in [-0.2, 0) is 0 Å². The summed E-state index contributed by atoms with van der Waals surface area (Å²) in [5.74, 6) is -1.89. The highest BCUT2D eigenvalue weighted by Crippen LogP contribution is 2.30. The lowest BCUT2D eigenvalue weighted by molar-refractivity contribution is 0.244. The van der Waals surface area contributed by atoms with Crippen molar-refractivity contribution in [2.45, 2.75) is 26.3 Å². The molecule has 34 heavy (non-hydrogen) atoms. The summed E-state index contributed by atoms with van der Waals surface area (Å²) in [7, 11) is 0. The number of amides is 2. The van der Waals surface area contributed by atoms with Gasteiger partial charge < -0.3 is 16.4 Å². The average Bonchev–Trinajstić information content (AvgIpc) is 3.24. The maximum Gasteiger partial charge on any atom is 0.319 e. The fourth-order valence-electron chi connectivity index (χ4n) is 3.23. The maximum atomic E-state index is 14.4. The number of urea groups is 1. The fraction of sp³-hybridized carbons (Fsp3) is 0.174. The van der Waals surface area contributed by atoms with Crippen LogP contribution in [-0.4, -0.2) is 36.8 Å². The summed E-state index contributed by atoms with van der Waals surface area (Å²) in [6.45, 7) is 5.67. The molecule has 174 valence electrons. The lowest BCUT2D eigenvalue weighted by Crippen LogP contribution is -2.43. The van der Waals surface area contributed by atoms with Gasteiger partial charge in [-0.3, -0.25) is 0 Å². The van der Waals surface area contributed by atoms with Crippen molar-refractivity contribution >= 4 is 17.5 Å². The van der Waals surface area contributed by atoms with Gasteiger partial charge in [-0.2, -0.15) is 4.68 Å². The van der Waals surface area contributed by atoms with Crippen LogP contribution >= 0.6 is 0 Å². The number of anilines is 2. The van der Waals surface area contributed by atoms with E-state index in [0.717, 1.165) is 16.3 Å². The number of tetrazole rings is 1. The predicted molar refractivity (Wildman–Crippen MR) is 124 cm³/mol. The van der Waals surface area contributed by atoms with Gasteiger partial charge in [0.1, 0.15) is 11.5 Å². The first-order valence-corrected chi connectivity index (χ1v) is 10.3. The number of nitrogens with one attached hydrogen (secondary N) is 2. The Labute approximate surface area is 194 Å². The standard InChI is InChI=1S/C23H22F2N8O/c1-23(2,3)29-22(34)28-15-9-7-13(8-10-15)14-11-16(20(26)27-12-14)21-30-31-32-33(21)18-6-4-5-17(24)19(18)25/h4-12H,1-3H3,(H2,26,27)(H2,28,29,34). The molecule has 9 nitrogen and oxygen atoms in total. The van der Waals surface area contributed by atoms with Gasteiger partial charge in [-0.15, -0.1) is 5.10 Å². The number of nitrogen functional groups attached to an aromatic ring is 1. The van der Waals surface area contributed by atoms with Crippen LogP contribution in [0.4, 0.5) is 25.1 Å². The first-order valence-electron chi connectivity index (χ1n) is 10.3. The molecule has 0 atom stereocenters. The Hall–Kier alpha value is -4.41. The number of nitrogens with two attached hydrogens (primary N) is 1. The van der Waals surface area contributed by atoms with Crippen LogP contribution < -0.4 is 16.4 Å². The number of hydrogen-bond donors (Lipinski definition) is 3. The van der Waals surface area contributed by atoms with Gasteiger partial charge in [0.2, 0.25) is 0 Å². The summed E-state index contributed by atoms with van der Waals surface area (Å²) < 4.78 is 29.2. The highest BCUT2D eigenvalue weighted by atomic mass is 19.2. The summed E-state index contributed by atoms with van der Waals surface area (Å²) in [6.07, 6.45) is 1.57. The molecule has 0 saturated heterocycles. The highest BCUT2D eigenvalue weighted by Gasteiger charge is 2.19. The summed E-state index contributed by atoms with van der Waals surface area (Å²) >= 11 is 0. The molecule has 2 aromatic heterocycles. The molecule has 0 saturated carbocycles. The Morgan fingerprint density at radius 2 is 1.79 bits per heavy atom. The molecule has 11 heteroatoms. The van der Waals surface area contributed by atoms with Crippen LogP contribution in [0, 0.1) is 11.6 Å². The molecule has 0 unspecified atom stereocenters. The zero-order valence-corrected chi connectivity index (χ0v) is 18.7. The van der Waals surface area contributed by atoms with E-state index in [1.54, 1.807) is 36.5 Å². The largest absolute Gasteiger partial charge is 0.383 e. The van der Waals surface area contributed by atoms with Crippen molar-refractivity contribution in [3.8, 4) is 28.2 Å². The predicted octanol–water partition coefficient (Wildman–Crippen LogP) is 4.17. The van der Waals surface area contributed by atoms with E-state index in [1.807, 2.05) is 20.8 Å². The molecule has 0 radical (unpaired) electrons. The zero-order chi connectivity index (χ0) is 24.5.